The number of aliphatic hydroxyl groups is 1. The van der Waals surface area contributed by atoms with Gasteiger partial charge < -0.3 is 9.84 Å². The fourth-order valence-corrected chi connectivity index (χ4v) is 1.85. The standard InChI is InChI=1S/C16H16F2O2/c1-10-3-5-14(17)7-13(10)9-20-16-6-4-12(11(2)19)8-15(16)18/h3-8,11,19H,9H2,1-2H3/t11-/m0/s1. The lowest BCUT2D eigenvalue weighted by Gasteiger charge is -2.11. The van der Waals surface area contributed by atoms with Gasteiger partial charge in [-0.2, -0.15) is 0 Å². The average molecular weight is 278 g/mol. The molecule has 20 heavy (non-hydrogen) atoms. The van der Waals surface area contributed by atoms with E-state index in [1.54, 1.807) is 19.1 Å². The maximum absolute atomic E-state index is 13.8. The normalized spacial score (nSPS) is 12.2. The van der Waals surface area contributed by atoms with Crippen molar-refractivity contribution in [2.24, 2.45) is 0 Å². The van der Waals surface area contributed by atoms with Crippen LogP contribution in [0.4, 0.5) is 8.78 Å². The lowest BCUT2D eigenvalue weighted by molar-refractivity contribution is 0.198. The van der Waals surface area contributed by atoms with Crippen molar-refractivity contribution in [2.75, 3.05) is 0 Å². The largest absolute Gasteiger partial charge is 0.486 e. The molecule has 0 aromatic heterocycles. The fraction of sp³-hybridized carbons (Fsp3) is 0.250. The van der Waals surface area contributed by atoms with E-state index in [0.29, 0.717) is 11.1 Å². The molecular formula is C16H16F2O2. The van der Waals surface area contributed by atoms with E-state index >= 15 is 0 Å². The Bertz CT molecular complexity index is 609. The summed E-state index contributed by atoms with van der Waals surface area (Å²) >= 11 is 0. The van der Waals surface area contributed by atoms with Gasteiger partial charge >= 0.3 is 0 Å². The molecule has 1 N–H and O–H groups in total. The molecule has 106 valence electrons. The highest BCUT2D eigenvalue weighted by molar-refractivity contribution is 5.31. The molecule has 0 heterocycles. The summed E-state index contributed by atoms with van der Waals surface area (Å²) in [6.07, 6.45) is -0.732. The molecule has 0 unspecified atom stereocenters. The Morgan fingerprint density at radius 2 is 1.90 bits per heavy atom. The van der Waals surface area contributed by atoms with Gasteiger partial charge in [0.05, 0.1) is 6.10 Å². The van der Waals surface area contributed by atoms with Gasteiger partial charge in [0, 0.05) is 0 Å². The monoisotopic (exact) mass is 278 g/mol. The molecule has 0 bridgehead atoms. The second kappa shape index (κ2) is 6.01. The molecule has 0 aliphatic rings. The first-order valence-corrected chi connectivity index (χ1v) is 6.32. The van der Waals surface area contributed by atoms with Crippen LogP contribution in [0.3, 0.4) is 0 Å². The average Bonchev–Trinajstić information content (AvgIpc) is 2.40. The number of aryl methyl sites for hydroxylation is 1. The van der Waals surface area contributed by atoms with Gasteiger partial charge in [-0.25, -0.2) is 8.78 Å². The summed E-state index contributed by atoms with van der Waals surface area (Å²) in [5.74, 6) is -0.811. The smallest absolute Gasteiger partial charge is 0.165 e. The van der Waals surface area contributed by atoms with E-state index in [4.69, 9.17) is 4.74 Å². The van der Waals surface area contributed by atoms with E-state index in [1.807, 2.05) is 6.92 Å². The van der Waals surface area contributed by atoms with Crippen molar-refractivity contribution in [3.63, 3.8) is 0 Å². The maximum Gasteiger partial charge on any atom is 0.165 e. The number of benzene rings is 2. The Balaban J connectivity index is 2.13. The number of halogens is 2. The number of hydrogen-bond donors (Lipinski definition) is 1. The van der Waals surface area contributed by atoms with E-state index in [-0.39, 0.29) is 18.2 Å². The van der Waals surface area contributed by atoms with E-state index < -0.39 is 11.9 Å². The van der Waals surface area contributed by atoms with Gasteiger partial charge in [0.25, 0.3) is 0 Å². The van der Waals surface area contributed by atoms with Gasteiger partial charge in [-0.05, 0) is 54.8 Å². The summed E-state index contributed by atoms with van der Waals surface area (Å²) in [5, 5.41) is 9.36. The second-order valence-corrected chi connectivity index (χ2v) is 4.73. The van der Waals surface area contributed by atoms with Gasteiger partial charge in [-0.15, -0.1) is 0 Å². The van der Waals surface area contributed by atoms with Crippen molar-refractivity contribution in [1.29, 1.82) is 0 Å². The first kappa shape index (κ1) is 14.5. The summed E-state index contributed by atoms with van der Waals surface area (Å²) in [6, 6.07) is 8.70. The minimum absolute atomic E-state index is 0.0815. The van der Waals surface area contributed by atoms with Crippen LogP contribution in [0.15, 0.2) is 36.4 Å². The van der Waals surface area contributed by atoms with Gasteiger partial charge in [0.2, 0.25) is 0 Å². The first-order chi connectivity index (χ1) is 9.47. The van der Waals surface area contributed by atoms with E-state index in [1.165, 1.54) is 24.3 Å². The predicted molar refractivity (Wildman–Crippen MR) is 72.5 cm³/mol. The molecule has 0 saturated heterocycles. The molecule has 2 rings (SSSR count). The molecule has 0 saturated carbocycles. The van der Waals surface area contributed by atoms with E-state index in [9.17, 15) is 13.9 Å². The minimum atomic E-state index is -0.732. The van der Waals surface area contributed by atoms with Gasteiger partial charge in [0.15, 0.2) is 11.6 Å². The Hall–Kier alpha value is -1.94. The summed E-state index contributed by atoms with van der Waals surface area (Å²) in [4.78, 5) is 0. The van der Waals surface area contributed by atoms with Crippen LogP contribution in [-0.4, -0.2) is 5.11 Å². The van der Waals surface area contributed by atoms with Crippen LogP contribution in [0.5, 0.6) is 5.75 Å². The Labute approximate surface area is 116 Å². The molecule has 0 radical (unpaired) electrons. The number of rotatable bonds is 4. The van der Waals surface area contributed by atoms with Crippen LogP contribution in [0, 0.1) is 18.6 Å². The number of ether oxygens (including phenoxy) is 1. The Kier molecular flexibility index (Phi) is 4.35. The molecule has 0 aliphatic carbocycles. The van der Waals surface area contributed by atoms with E-state index in [0.717, 1.165) is 5.56 Å². The third-order valence-corrected chi connectivity index (χ3v) is 3.13. The van der Waals surface area contributed by atoms with Crippen LogP contribution < -0.4 is 4.74 Å². The SMILES string of the molecule is Cc1ccc(F)cc1COc1ccc([C@H](C)O)cc1F. The Morgan fingerprint density at radius 3 is 2.55 bits per heavy atom. The third kappa shape index (κ3) is 3.33. The summed E-state index contributed by atoms with van der Waals surface area (Å²) in [6.45, 7) is 3.49. The van der Waals surface area contributed by atoms with E-state index in [2.05, 4.69) is 0 Å². The molecule has 4 heteroatoms. The lowest BCUT2D eigenvalue weighted by Crippen LogP contribution is -2.01. The summed E-state index contributed by atoms with van der Waals surface area (Å²) in [5.41, 5.74) is 2.04. The summed E-state index contributed by atoms with van der Waals surface area (Å²) < 4.78 is 32.3. The zero-order valence-electron chi connectivity index (χ0n) is 11.4. The lowest BCUT2D eigenvalue weighted by atomic mass is 10.1. The highest BCUT2D eigenvalue weighted by Gasteiger charge is 2.09. The molecule has 1 atom stereocenters. The van der Waals surface area contributed by atoms with Crippen LogP contribution >= 0.6 is 0 Å². The van der Waals surface area contributed by atoms with Crippen molar-refractivity contribution < 1.29 is 18.6 Å². The van der Waals surface area contributed by atoms with Crippen molar-refractivity contribution >= 4 is 0 Å². The van der Waals surface area contributed by atoms with Gasteiger partial charge in [-0.1, -0.05) is 12.1 Å². The third-order valence-electron chi connectivity index (χ3n) is 3.13. The molecular weight excluding hydrogens is 262 g/mol. The van der Waals surface area contributed by atoms with Crippen molar-refractivity contribution in [3.05, 3.63) is 64.7 Å². The molecule has 0 aliphatic heterocycles. The zero-order valence-corrected chi connectivity index (χ0v) is 11.4. The van der Waals surface area contributed by atoms with Crippen LogP contribution in [-0.2, 0) is 6.61 Å². The molecule has 0 spiro atoms. The van der Waals surface area contributed by atoms with Gasteiger partial charge in [-0.3, -0.25) is 0 Å². The molecule has 0 amide bonds. The highest BCUT2D eigenvalue weighted by Crippen LogP contribution is 2.23. The minimum Gasteiger partial charge on any atom is -0.486 e. The molecule has 2 aromatic carbocycles. The van der Waals surface area contributed by atoms with Crippen LogP contribution in [0.2, 0.25) is 0 Å². The van der Waals surface area contributed by atoms with Crippen LogP contribution in [0.25, 0.3) is 0 Å². The highest BCUT2D eigenvalue weighted by atomic mass is 19.1. The van der Waals surface area contributed by atoms with Gasteiger partial charge in [0.1, 0.15) is 12.4 Å². The van der Waals surface area contributed by atoms with Crippen molar-refractivity contribution in [3.8, 4) is 5.75 Å². The fourth-order valence-electron chi connectivity index (χ4n) is 1.85. The second-order valence-electron chi connectivity index (χ2n) is 4.73. The topological polar surface area (TPSA) is 29.5 Å². The molecule has 2 nitrogen and oxygen atoms in total. The maximum atomic E-state index is 13.8. The predicted octanol–water partition coefficient (Wildman–Crippen LogP) is 3.91. The van der Waals surface area contributed by atoms with Crippen molar-refractivity contribution in [2.45, 2.75) is 26.6 Å². The zero-order chi connectivity index (χ0) is 14.7. The summed E-state index contributed by atoms with van der Waals surface area (Å²) in [7, 11) is 0. The number of aliphatic hydroxyl groups excluding tert-OH is 1. The Morgan fingerprint density at radius 1 is 1.15 bits per heavy atom. The van der Waals surface area contributed by atoms with Crippen LogP contribution in [0.1, 0.15) is 29.7 Å². The number of hydrogen-bond acceptors (Lipinski definition) is 2. The molecule has 0 fully saturated rings. The first-order valence-electron chi connectivity index (χ1n) is 6.32. The van der Waals surface area contributed by atoms with Crippen molar-refractivity contribution in [1.82, 2.24) is 0 Å². The molecule has 2 aromatic rings. The quantitative estimate of drug-likeness (QED) is 0.919.